The van der Waals surface area contributed by atoms with E-state index in [-0.39, 0.29) is 5.69 Å². The Morgan fingerprint density at radius 3 is 2.71 bits per heavy atom. The summed E-state index contributed by atoms with van der Waals surface area (Å²) in [6.07, 6.45) is 0. The molecule has 0 radical (unpaired) electrons. The largest absolute Gasteiger partial charge is 0.366 e. The van der Waals surface area contributed by atoms with Crippen LogP contribution in [0.15, 0.2) is 42.5 Å². The fourth-order valence-corrected chi connectivity index (χ4v) is 2.56. The normalized spacial score (nSPS) is 10.4. The molecule has 3 rings (SSSR count). The Hall–Kier alpha value is -2.84. The average molecular weight is 338 g/mol. The number of hydrogen-bond acceptors (Lipinski definition) is 5. The van der Waals surface area contributed by atoms with Crippen LogP contribution in [0, 0.1) is 11.3 Å². The number of fused-ring (bicyclic) bond motifs is 1. The van der Waals surface area contributed by atoms with Crippen molar-refractivity contribution >= 4 is 34.1 Å². The Labute approximate surface area is 145 Å². The van der Waals surface area contributed by atoms with Gasteiger partial charge in [0, 0.05) is 26.0 Å². The fourth-order valence-electron chi connectivity index (χ4n) is 2.41. The third-order valence-electron chi connectivity index (χ3n) is 3.66. The molecule has 1 aromatic carbocycles. The number of hydrogen-bond donors (Lipinski definition) is 1. The Kier molecular flexibility index (Phi) is 4.50. The molecule has 6 heteroatoms. The number of nitrogens with zero attached hydrogens (tertiary/aromatic N) is 4. The standard InChI is InChI=1S/C18H16ClN5/c1-24(2)18-9-12(13-5-3-4-6-15(13)23-18)11-21-17-8-7-14(19)16(10-20)22-17/h3-9H,11H2,1-2H3,(H,21,22). The molecule has 0 fully saturated rings. The van der Waals surface area contributed by atoms with Gasteiger partial charge in [-0.3, -0.25) is 0 Å². The van der Waals surface area contributed by atoms with Crippen molar-refractivity contribution in [3.8, 4) is 6.07 Å². The SMILES string of the molecule is CN(C)c1cc(CNc2ccc(Cl)c(C#N)n2)c2ccccc2n1. The number of halogens is 1. The highest BCUT2D eigenvalue weighted by molar-refractivity contribution is 6.31. The van der Waals surface area contributed by atoms with Gasteiger partial charge in [-0.2, -0.15) is 5.26 Å². The minimum absolute atomic E-state index is 0.218. The summed E-state index contributed by atoms with van der Waals surface area (Å²) in [4.78, 5) is 10.8. The van der Waals surface area contributed by atoms with E-state index in [4.69, 9.17) is 16.9 Å². The number of para-hydroxylation sites is 1. The van der Waals surface area contributed by atoms with Crippen LogP contribution in [0.2, 0.25) is 5.02 Å². The first-order valence-corrected chi connectivity index (χ1v) is 7.83. The van der Waals surface area contributed by atoms with E-state index in [1.165, 1.54) is 0 Å². The Balaban J connectivity index is 1.93. The molecule has 0 atom stereocenters. The summed E-state index contributed by atoms with van der Waals surface area (Å²) in [6.45, 7) is 0.573. The van der Waals surface area contributed by atoms with E-state index >= 15 is 0 Å². The van der Waals surface area contributed by atoms with Gasteiger partial charge in [-0.1, -0.05) is 29.8 Å². The van der Waals surface area contributed by atoms with Crippen LogP contribution >= 0.6 is 11.6 Å². The van der Waals surface area contributed by atoms with Crippen LogP contribution in [0.4, 0.5) is 11.6 Å². The fraction of sp³-hybridized carbons (Fsp3) is 0.167. The van der Waals surface area contributed by atoms with Gasteiger partial charge in [0.1, 0.15) is 17.7 Å². The second-order valence-corrected chi connectivity index (χ2v) is 5.95. The van der Waals surface area contributed by atoms with Crippen LogP contribution in [-0.2, 0) is 6.54 Å². The van der Waals surface area contributed by atoms with E-state index in [1.807, 2.05) is 43.3 Å². The van der Waals surface area contributed by atoms with Gasteiger partial charge in [-0.15, -0.1) is 0 Å². The number of nitriles is 1. The van der Waals surface area contributed by atoms with Gasteiger partial charge in [0.05, 0.1) is 10.5 Å². The van der Waals surface area contributed by atoms with Crippen molar-refractivity contribution in [2.24, 2.45) is 0 Å². The first-order chi connectivity index (χ1) is 11.6. The van der Waals surface area contributed by atoms with Crippen molar-refractivity contribution in [2.45, 2.75) is 6.54 Å². The summed E-state index contributed by atoms with van der Waals surface area (Å²) in [5, 5.41) is 13.7. The molecule has 0 spiro atoms. The molecule has 0 unspecified atom stereocenters. The number of nitrogens with one attached hydrogen (secondary N) is 1. The Bertz CT molecular complexity index is 930. The lowest BCUT2D eigenvalue weighted by Crippen LogP contribution is -2.12. The zero-order valence-corrected chi connectivity index (χ0v) is 14.2. The second kappa shape index (κ2) is 6.73. The van der Waals surface area contributed by atoms with Crippen LogP contribution < -0.4 is 10.2 Å². The predicted octanol–water partition coefficient (Wildman–Crippen LogP) is 3.83. The molecule has 0 aliphatic heterocycles. The van der Waals surface area contributed by atoms with Gasteiger partial charge >= 0.3 is 0 Å². The van der Waals surface area contributed by atoms with E-state index in [0.717, 1.165) is 22.3 Å². The molecule has 0 aliphatic carbocycles. The number of anilines is 2. The minimum Gasteiger partial charge on any atom is -0.366 e. The van der Waals surface area contributed by atoms with Crippen molar-refractivity contribution in [2.75, 3.05) is 24.3 Å². The molecule has 5 nitrogen and oxygen atoms in total. The summed E-state index contributed by atoms with van der Waals surface area (Å²) >= 11 is 5.92. The summed E-state index contributed by atoms with van der Waals surface area (Å²) in [6, 6.07) is 15.5. The van der Waals surface area contributed by atoms with Gasteiger partial charge in [0.15, 0.2) is 5.69 Å². The number of pyridine rings is 2. The zero-order valence-electron chi connectivity index (χ0n) is 13.4. The lowest BCUT2D eigenvalue weighted by Gasteiger charge is -2.15. The van der Waals surface area contributed by atoms with E-state index < -0.39 is 0 Å². The quantitative estimate of drug-likeness (QED) is 0.783. The summed E-state index contributed by atoms with van der Waals surface area (Å²) in [7, 11) is 3.93. The average Bonchev–Trinajstić information content (AvgIpc) is 2.60. The smallest absolute Gasteiger partial charge is 0.161 e. The van der Waals surface area contributed by atoms with Crippen molar-refractivity contribution in [1.29, 1.82) is 5.26 Å². The lowest BCUT2D eigenvalue weighted by molar-refractivity contribution is 1.06. The van der Waals surface area contributed by atoms with Crippen molar-refractivity contribution in [1.82, 2.24) is 9.97 Å². The molecule has 120 valence electrons. The predicted molar refractivity (Wildman–Crippen MR) is 97.4 cm³/mol. The van der Waals surface area contributed by atoms with Crippen molar-refractivity contribution in [3.63, 3.8) is 0 Å². The highest BCUT2D eigenvalue weighted by atomic mass is 35.5. The maximum Gasteiger partial charge on any atom is 0.161 e. The minimum atomic E-state index is 0.218. The molecule has 3 aromatic rings. The zero-order chi connectivity index (χ0) is 17.1. The molecule has 0 bridgehead atoms. The van der Waals surface area contributed by atoms with E-state index in [2.05, 4.69) is 27.4 Å². The topological polar surface area (TPSA) is 64.8 Å². The third kappa shape index (κ3) is 3.24. The van der Waals surface area contributed by atoms with Crippen LogP contribution in [0.1, 0.15) is 11.3 Å². The molecule has 2 heterocycles. The molecular formula is C18H16ClN5. The van der Waals surface area contributed by atoms with Crippen LogP contribution in [0.25, 0.3) is 10.9 Å². The van der Waals surface area contributed by atoms with E-state index in [0.29, 0.717) is 17.4 Å². The van der Waals surface area contributed by atoms with Crippen molar-refractivity contribution in [3.05, 3.63) is 58.7 Å². The monoisotopic (exact) mass is 337 g/mol. The molecular weight excluding hydrogens is 322 g/mol. The van der Waals surface area contributed by atoms with Gasteiger partial charge in [-0.05, 0) is 29.8 Å². The molecule has 0 saturated heterocycles. The maximum absolute atomic E-state index is 9.03. The summed E-state index contributed by atoms with van der Waals surface area (Å²) < 4.78 is 0. The van der Waals surface area contributed by atoms with Crippen molar-refractivity contribution < 1.29 is 0 Å². The highest BCUT2D eigenvalue weighted by Crippen LogP contribution is 2.23. The molecule has 1 N–H and O–H groups in total. The molecule has 24 heavy (non-hydrogen) atoms. The molecule has 0 aliphatic rings. The van der Waals surface area contributed by atoms with E-state index in [9.17, 15) is 0 Å². The first kappa shape index (κ1) is 16.0. The number of aromatic nitrogens is 2. The summed E-state index contributed by atoms with van der Waals surface area (Å²) in [5.41, 5.74) is 2.28. The third-order valence-corrected chi connectivity index (χ3v) is 3.96. The van der Waals surface area contributed by atoms with Gasteiger partial charge in [0.2, 0.25) is 0 Å². The lowest BCUT2D eigenvalue weighted by atomic mass is 10.1. The van der Waals surface area contributed by atoms with Gasteiger partial charge < -0.3 is 10.2 Å². The number of benzene rings is 1. The maximum atomic E-state index is 9.03. The number of rotatable bonds is 4. The molecule has 0 amide bonds. The highest BCUT2D eigenvalue weighted by Gasteiger charge is 2.08. The summed E-state index contributed by atoms with van der Waals surface area (Å²) in [5.74, 6) is 1.51. The molecule has 2 aromatic heterocycles. The molecule has 0 saturated carbocycles. The van der Waals surface area contributed by atoms with Crippen LogP contribution in [0.3, 0.4) is 0 Å². The Morgan fingerprint density at radius 2 is 1.96 bits per heavy atom. The Morgan fingerprint density at radius 1 is 1.17 bits per heavy atom. The van der Waals surface area contributed by atoms with Crippen LogP contribution in [-0.4, -0.2) is 24.1 Å². The van der Waals surface area contributed by atoms with Gasteiger partial charge in [0.25, 0.3) is 0 Å². The van der Waals surface area contributed by atoms with Crippen LogP contribution in [0.5, 0.6) is 0 Å². The van der Waals surface area contributed by atoms with E-state index in [1.54, 1.807) is 12.1 Å². The van der Waals surface area contributed by atoms with Gasteiger partial charge in [-0.25, -0.2) is 9.97 Å². The first-order valence-electron chi connectivity index (χ1n) is 7.45. The second-order valence-electron chi connectivity index (χ2n) is 5.54.